The van der Waals surface area contributed by atoms with Crippen molar-refractivity contribution in [2.75, 3.05) is 13.1 Å². The van der Waals surface area contributed by atoms with Crippen molar-refractivity contribution in [3.05, 3.63) is 18.2 Å². The van der Waals surface area contributed by atoms with Gasteiger partial charge in [-0.1, -0.05) is 0 Å². The van der Waals surface area contributed by atoms with Gasteiger partial charge in [0.25, 0.3) is 0 Å². The maximum Gasteiger partial charge on any atom is 0.410 e. The highest BCUT2D eigenvalue weighted by molar-refractivity contribution is 5.69. The Hall–Kier alpha value is -1.56. The number of amides is 1. The smallest absolute Gasteiger partial charge is 0.410 e. The molecule has 0 bridgehead atoms. The summed E-state index contributed by atoms with van der Waals surface area (Å²) in [6.07, 6.45) is 2.98. The van der Waals surface area contributed by atoms with Gasteiger partial charge in [0.2, 0.25) is 0 Å². The summed E-state index contributed by atoms with van der Waals surface area (Å²) in [6, 6.07) is 0. The lowest BCUT2D eigenvalue weighted by Crippen LogP contribution is -2.62. The van der Waals surface area contributed by atoms with Gasteiger partial charge in [0, 0.05) is 13.2 Å². The minimum atomic E-state index is -1.04. The minimum Gasteiger partial charge on any atom is -0.444 e. The number of nitrogens with zero attached hydrogens (tertiary/aromatic N) is 3. The summed E-state index contributed by atoms with van der Waals surface area (Å²) >= 11 is 0. The van der Waals surface area contributed by atoms with Crippen LogP contribution in [-0.4, -0.2) is 44.3 Å². The van der Waals surface area contributed by atoms with Crippen molar-refractivity contribution in [3.63, 3.8) is 0 Å². The van der Waals surface area contributed by atoms with Crippen LogP contribution in [0.5, 0.6) is 0 Å². The number of ether oxygens (including phenoxy) is 1. The molecule has 1 fully saturated rings. The van der Waals surface area contributed by atoms with Crippen LogP contribution in [0.2, 0.25) is 0 Å². The zero-order chi connectivity index (χ0) is 13.6. The van der Waals surface area contributed by atoms with Crippen molar-refractivity contribution < 1.29 is 14.6 Å². The number of carbonyl (C=O) groups is 1. The summed E-state index contributed by atoms with van der Waals surface area (Å²) in [5.41, 5.74) is -0.974. The third-order valence-electron chi connectivity index (χ3n) is 2.74. The van der Waals surface area contributed by atoms with E-state index in [1.165, 1.54) is 4.90 Å². The molecule has 100 valence electrons. The maximum atomic E-state index is 11.7. The average molecular weight is 253 g/mol. The molecule has 1 N–H and O–H groups in total. The van der Waals surface area contributed by atoms with Crippen LogP contribution in [-0.2, 0) is 17.4 Å². The summed E-state index contributed by atoms with van der Waals surface area (Å²) < 4.78 is 6.99. The monoisotopic (exact) mass is 253 g/mol. The van der Waals surface area contributed by atoms with E-state index in [0.717, 1.165) is 0 Å². The Kier molecular flexibility index (Phi) is 2.85. The normalized spacial score (nSPS) is 18.4. The summed E-state index contributed by atoms with van der Waals surface area (Å²) in [5.74, 6) is 0. The molecule has 0 saturated carbocycles. The maximum absolute atomic E-state index is 11.7. The molecule has 1 aromatic heterocycles. The number of hydrogen-bond acceptors (Lipinski definition) is 4. The lowest BCUT2D eigenvalue weighted by Gasteiger charge is -2.45. The Balaban J connectivity index is 1.95. The molecule has 0 radical (unpaired) electrons. The number of β-amino-alcohol motifs (C(OH)–C–C–N with tert-alkyl or cyclic N) is 1. The number of aromatic nitrogens is 2. The second-order valence-corrected chi connectivity index (χ2v) is 5.79. The van der Waals surface area contributed by atoms with Gasteiger partial charge in [0.05, 0.1) is 25.1 Å². The van der Waals surface area contributed by atoms with E-state index < -0.39 is 17.3 Å². The first-order chi connectivity index (χ1) is 8.20. The highest BCUT2D eigenvalue weighted by atomic mass is 16.6. The van der Waals surface area contributed by atoms with Gasteiger partial charge in [0.15, 0.2) is 0 Å². The fraction of sp³-hybridized carbons (Fsp3) is 0.667. The Morgan fingerprint density at radius 2 is 2.11 bits per heavy atom. The van der Waals surface area contributed by atoms with Crippen molar-refractivity contribution in [2.45, 2.75) is 32.0 Å². The molecule has 1 saturated heterocycles. The fourth-order valence-corrected chi connectivity index (χ4v) is 1.86. The topological polar surface area (TPSA) is 67.6 Å². The van der Waals surface area contributed by atoms with E-state index in [4.69, 9.17) is 4.74 Å². The quantitative estimate of drug-likeness (QED) is 0.806. The van der Waals surface area contributed by atoms with Gasteiger partial charge in [-0.2, -0.15) is 0 Å². The van der Waals surface area contributed by atoms with Crippen molar-refractivity contribution in [1.82, 2.24) is 14.5 Å². The second kappa shape index (κ2) is 3.98. The lowest BCUT2D eigenvalue weighted by atomic mass is 9.91. The molecule has 1 aliphatic heterocycles. The van der Waals surface area contributed by atoms with E-state index in [1.54, 1.807) is 17.1 Å². The van der Waals surface area contributed by atoms with E-state index >= 15 is 0 Å². The van der Waals surface area contributed by atoms with Crippen LogP contribution in [0.15, 0.2) is 12.5 Å². The van der Waals surface area contributed by atoms with E-state index in [9.17, 15) is 9.90 Å². The third-order valence-corrected chi connectivity index (χ3v) is 2.74. The number of hydrogen-bond donors (Lipinski definition) is 1. The van der Waals surface area contributed by atoms with E-state index in [1.807, 2.05) is 27.8 Å². The molecule has 2 rings (SSSR count). The summed E-state index contributed by atoms with van der Waals surface area (Å²) in [5, 5.41) is 10.3. The van der Waals surface area contributed by atoms with Crippen molar-refractivity contribution in [1.29, 1.82) is 0 Å². The highest BCUT2D eigenvalue weighted by Gasteiger charge is 2.47. The van der Waals surface area contributed by atoms with Gasteiger partial charge in [-0.05, 0) is 20.8 Å². The number of rotatable bonds is 1. The Labute approximate surface area is 106 Å². The standard InChI is InChI=1S/C12H19N3O3/c1-11(2,3)18-10(16)15-6-12(17,7-15)9-5-14(4)8-13-9/h5,8,17H,6-7H2,1-4H3. The Morgan fingerprint density at radius 3 is 2.56 bits per heavy atom. The number of aryl methyl sites for hydroxylation is 1. The molecule has 0 atom stereocenters. The van der Waals surface area contributed by atoms with Gasteiger partial charge < -0.3 is 19.3 Å². The van der Waals surface area contributed by atoms with Crippen molar-refractivity contribution in [2.24, 2.45) is 7.05 Å². The predicted molar refractivity (Wildman–Crippen MR) is 64.9 cm³/mol. The molecule has 6 heteroatoms. The zero-order valence-corrected chi connectivity index (χ0v) is 11.2. The lowest BCUT2D eigenvalue weighted by molar-refractivity contribution is -0.105. The Morgan fingerprint density at radius 1 is 1.50 bits per heavy atom. The van der Waals surface area contributed by atoms with Crippen LogP contribution in [0.25, 0.3) is 0 Å². The van der Waals surface area contributed by atoms with Crippen LogP contribution < -0.4 is 0 Å². The minimum absolute atomic E-state index is 0.221. The fourth-order valence-electron chi connectivity index (χ4n) is 1.86. The largest absolute Gasteiger partial charge is 0.444 e. The molecular weight excluding hydrogens is 234 g/mol. The van der Waals surface area contributed by atoms with Gasteiger partial charge in [0.1, 0.15) is 11.2 Å². The SMILES string of the molecule is Cn1cnc(C2(O)CN(C(=O)OC(C)(C)C)C2)c1. The van der Waals surface area contributed by atoms with Crippen LogP contribution in [0.1, 0.15) is 26.5 Å². The number of likely N-dealkylation sites (tertiary alicyclic amines) is 1. The summed E-state index contributed by atoms with van der Waals surface area (Å²) in [6.45, 7) is 5.89. The molecule has 2 heterocycles. The number of imidazole rings is 1. The average Bonchev–Trinajstić information content (AvgIpc) is 2.57. The van der Waals surface area contributed by atoms with E-state index in [0.29, 0.717) is 5.69 Å². The van der Waals surface area contributed by atoms with Crippen LogP contribution >= 0.6 is 0 Å². The van der Waals surface area contributed by atoms with Gasteiger partial charge >= 0.3 is 6.09 Å². The summed E-state index contributed by atoms with van der Waals surface area (Å²) in [7, 11) is 1.84. The summed E-state index contributed by atoms with van der Waals surface area (Å²) in [4.78, 5) is 17.3. The predicted octanol–water partition coefficient (Wildman–Crippen LogP) is 0.858. The Bertz CT molecular complexity index is 455. The molecule has 1 aromatic rings. The molecular formula is C12H19N3O3. The number of carbonyl (C=O) groups excluding carboxylic acids is 1. The van der Waals surface area contributed by atoms with Gasteiger partial charge in [-0.15, -0.1) is 0 Å². The van der Waals surface area contributed by atoms with Crippen molar-refractivity contribution >= 4 is 6.09 Å². The second-order valence-electron chi connectivity index (χ2n) is 5.79. The zero-order valence-electron chi connectivity index (χ0n) is 11.2. The molecule has 0 aromatic carbocycles. The van der Waals surface area contributed by atoms with Crippen LogP contribution in [0.3, 0.4) is 0 Å². The molecule has 1 amide bonds. The highest BCUT2D eigenvalue weighted by Crippen LogP contribution is 2.31. The molecule has 0 aliphatic carbocycles. The van der Waals surface area contributed by atoms with E-state index in [-0.39, 0.29) is 13.1 Å². The molecule has 18 heavy (non-hydrogen) atoms. The first-order valence-corrected chi connectivity index (χ1v) is 5.88. The first kappa shape index (κ1) is 12.9. The van der Waals surface area contributed by atoms with Crippen molar-refractivity contribution in [3.8, 4) is 0 Å². The van der Waals surface area contributed by atoms with Gasteiger partial charge in [-0.25, -0.2) is 9.78 Å². The molecule has 0 unspecified atom stereocenters. The van der Waals surface area contributed by atoms with E-state index in [2.05, 4.69) is 4.98 Å². The van der Waals surface area contributed by atoms with Crippen LogP contribution in [0.4, 0.5) is 4.79 Å². The van der Waals surface area contributed by atoms with Gasteiger partial charge in [-0.3, -0.25) is 0 Å². The third kappa shape index (κ3) is 2.48. The first-order valence-electron chi connectivity index (χ1n) is 5.88. The number of aliphatic hydroxyl groups is 1. The molecule has 6 nitrogen and oxygen atoms in total. The molecule has 1 aliphatic rings. The van der Waals surface area contributed by atoms with Crippen LogP contribution in [0, 0.1) is 0 Å². The molecule has 0 spiro atoms.